The Bertz CT molecular complexity index is 888. The molecule has 114 valence electrons. The van der Waals surface area contributed by atoms with E-state index in [1.807, 2.05) is 0 Å². The second-order valence-electron chi connectivity index (χ2n) is 4.39. The Kier molecular flexibility index (Phi) is 3.60. The van der Waals surface area contributed by atoms with Gasteiger partial charge in [-0.25, -0.2) is 0 Å². The van der Waals surface area contributed by atoms with E-state index in [4.69, 9.17) is 13.4 Å². The number of thioether (sulfide) groups is 1. The van der Waals surface area contributed by atoms with E-state index in [-0.39, 0.29) is 0 Å². The minimum Gasteiger partial charge on any atom is -0.461 e. The molecule has 0 fully saturated rings. The predicted molar refractivity (Wildman–Crippen MR) is 79.1 cm³/mol. The summed E-state index contributed by atoms with van der Waals surface area (Å²) in [7, 11) is 0. The van der Waals surface area contributed by atoms with Crippen LogP contribution in [0.3, 0.4) is 0 Å². The molecule has 0 spiro atoms. The first kappa shape index (κ1) is 13.7. The third kappa shape index (κ3) is 2.99. The van der Waals surface area contributed by atoms with E-state index >= 15 is 0 Å². The quantitative estimate of drug-likeness (QED) is 0.511. The highest BCUT2D eigenvalue weighted by atomic mass is 32.2. The molecule has 0 aromatic carbocycles. The molecule has 0 radical (unpaired) electrons. The first-order chi connectivity index (χ1) is 11.4. The summed E-state index contributed by atoms with van der Waals surface area (Å²) in [5.41, 5.74) is 0.817. The highest BCUT2D eigenvalue weighted by molar-refractivity contribution is 7.98. The predicted octanol–water partition coefficient (Wildman–Crippen LogP) is 3.07. The summed E-state index contributed by atoms with van der Waals surface area (Å²) in [6.07, 6.45) is 4.89. The molecule has 0 N–H and O–H groups in total. The molecule has 4 aromatic rings. The molecule has 4 aromatic heterocycles. The van der Waals surface area contributed by atoms with Gasteiger partial charge in [-0.1, -0.05) is 16.9 Å². The fourth-order valence-electron chi connectivity index (χ4n) is 1.82. The molecule has 23 heavy (non-hydrogen) atoms. The van der Waals surface area contributed by atoms with Gasteiger partial charge in [-0.2, -0.15) is 4.98 Å². The van der Waals surface area contributed by atoms with Crippen molar-refractivity contribution in [3.8, 4) is 23.0 Å². The maximum Gasteiger partial charge on any atom is 0.277 e. The minimum absolute atomic E-state index is 0.411. The molecule has 0 saturated carbocycles. The Morgan fingerprint density at radius 2 is 2.00 bits per heavy atom. The van der Waals surface area contributed by atoms with Crippen LogP contribution < -0.4 is 0 Å². The SMILES string of the molecule is c1coc(-c2noc(CSc3nnc(-c4ccncc4)o3)n2)c1. The molecule has 0 aliphatic carbocycles. The van der Waals surface area contributed by atoms with Crippen molar-refractivity contribution in [2.75, 3.05) is 0 Å². The normalized spacial score (nSPS) is 11.0. The summed E-state index contributed by atoms with van der Waals surface area (Å²) in [5, 5.41) is 12.3. The average Bonchev–Trinajstić information content (AvgIpc) is 3.33. The van der Waals surface area contributed by atoms with Gasteiger partial charge in [-0.15, -0.1) is 10.2 Å². The van der Waals surface area contributed by atoms with Crippen LogP contribution in [-0.4, -0.2) is 25.3 Å². The van der Waals surface area contributed by atoms with E-state index in [1.54, 1.807) is 42.9 Å². The van der Waals surface area contributed by atoms with Crippen molar-refractivity contribution >= 4 is 11.8 Å². The van der Waals surface area contributed by atoms with E-state index in [0.29, 0.717) is 34.3 Å². The molecular weight excluding hydrogens is 318 g/mol. The van der Waals surface area contributed by atoms with Gasteiger partial charge in [0.15, 0.2) is 5.76 Å². The fraction of sp³-hybridized carbons (Fsp3) is 0.0714. The molecule has 8 nitrogen and oxygen atoms in total. The Hall–Kier alpha value is -2.94. The lowest BCUT2D eigenvalue weighted by atomic mass is 10.3. The summed E-state index contributed by atoms with van der Waals surface area (Å²) in [6, 6.07) is 7.13. The molecule has 0 aliphatic rings. The molecule has 4 heterocycles. The van der Waals surface area contributed by atoms with Crippen LogP contribution in [0, 0.1) is 0 Å². The lowest BCUT2D eigenvalue weighted by Gasteiger charge is -1.92. The summed E-state index contributed by atoms with van der Waals surface area (Å²) >= 11 is 1.32. The number of pyridine rings is 1. The number of furan rings is 1. The standard InChI is InChI=1S/C14H9N5O3S/c1-2-10(20-7-1)12-16-11(22-19-12)8-23-14-18-17-13(21-14)9-3-5-15-6-4-9/h1-7H,8H2. The summed E-state index contributed by atoms with van der Waals surface area (Å²) in [5.74, 6) is 2.28. The number of hydrogen-bond acceptors (Lipinski definition) is 9. The Labute approximate surface area is 133 Å². The van der Waals surface area contributed by atoms with Crippen molar-refractivity contribution < 1.29 is 13.4 Å². The maximum atomic E-state index is 5.58. The fourth-order valence-corrected chi connectivity index (χ4v) is 2.42. The average molecular weight is 327 g/mol. The van der Waals surface area contributed by atoms with Crippen LogP contribution in [0.4, 0.5) is 0 Å². The second kappa shape index (κ2) is 6.05. The maximum absolute atomic E-state index is 5.58. The lowest BCUT2D eigenvalue weighted by Crippen LogP contribution is -1.81. The monoisotopic (exact) mass is 327 g/mol. The van der Waals surface area contributed by atoms with Crippen molar-refractivity contribution in [2.24, 2.45) is 0 Å². The zero-order chi connectivity index (χ0) is 15.5. The Morgan fingerprint density at radius 3 is 2.83 bits per heavy atom. The van der Waals surface area contributed by atoms with Crippen molar-refractivity contribution in [1.29, 1.82) is 0 Å². The third-order valence-electron chi connectivity index (χ3n) is 2.86. The van der Waals surface area contributed by atoms with Gasteiger partial charge in [0.1, 0.15) is 0 Å². The molecule has 0 saturated heterocycles. The molecule has 0 unspecified atom stereocenters. The molecule has 0 aliphatic heterocycles. The molecular formula is C14H9N5O3S. The lowest BCUT2D eigenvalue weighted by molar-refractivity contribution is 0.389. The Morgan fingerprint density at radius 1 is 1.09 bits per heavy atom. The van der Waals surface area contributed by atoms with Gasteiger partial charge in [-0.3, -0.25) is 4.98 Å². The number of hydrogen-bond donors (Lipinski definition) is 0. The van der Waals surface area contributed by atoms with Gasteiger partial charge in [0.2, 0.25) is 17.6 Å². The van der Waals surface area contributed by atoms with Gasteiger partial charge in [-0.05, 0) is 24.3 Å². The first-order valence-corrected chi connectivity index (χ1v) is 7.60. The van der Waals surface area contributed by atoms with Crippen molar-refractivity contribution in [3.63, 3.8) is 0 Å². The summed E-state index contributed by atoms with van der Waals surface area (Å²) in [6.45, 7) is 0. The van der Waals surface area contributed by atoms with Crippen LogP contribution in [0.5, 0.6) is 0 Å². The molecule has 4 rings (SSSR count). The van der Waals surface area contributed by atoms with E-state index in [1.165, 1.54) is 11.8 Å². The highest BCUT2D eigenvalue weighted by Gasteiger charge is 2.13. The van der Waals surface area contributed by atoms with Crippen molar-refractivity contribution in [2.45, 2.75) is 11.0 Å². The van der Waals surface area contributed by atoms with E-state index < -0.39 is 0 Å². The molecule has 0 amide bonds. The second-order valence-corrected chi connectivity index (χ2v) is 5.31. The highest BCUT2D eigenvalue weighted by Crippen LogP contribution is 2.25. The van der Waals surface area contributed by atoms with E-state index in [2.05, 4.69) is 25.3 Å². The van der Waals surface area contributed by atoms with Gasteiger partial charge in [0.05, 0.1) is 12.0 Å². The number of aromatic nitrogens is 5. The smallest absolute Gasteiger partial charge is 0.277 e. The molecule has 0 atom stereocenters. The van der Waals surface area contributed by atoms with Crippen molar-refractivity contribution in [1.82, 2.24) is 25.3 Å². The Balaban J connectivity index is 1.43. The number of rotatable bonds is 5. The van der Waals surface area contributed by atoms with E-state index in [0.717, 1.165) is 5.56 Å². The topological polar surface area (TPSA) is 104 Å². The van der Waals surface area contributed by atoms with Gasteiger partial charge in [0.25, 0.3) is 5.22 Å². The third-order valence-corrected chi connectivity index (χ3v) is 3.67. The molecule has 0 bridgehead atoms. The van der Waals surface area contributed by atoms with Gasteiger partial charge in [0, 0.05) is 18.0 Å². The van der Waals surface area contributed by atoms with E-state index in [9.17, 15) is 0 Å². The zero-order valence-corrected chi connectivity index (χ0v) is 12.4. The van der Waals surface area contributed by atoms with Gasteiger partial charge >= 0.3 is 0 Å². The van der Waals surface area contributed by atoms with Crippen molar-refractivity contribution in [3.05, 3.63) is 48.8 Å². The van der Waals surface area contributed by atoms with Crippen LogP contribution in [0.1, 0.15) is 5.89 Å². The molecule has 9 heteroatoms. The van der Waals surface area contributed by atoms with Crippen LogP contribution in [-0.2, 0) is 5.75 Å². The zero-order valence-electron chi connectivity index (χ0n) is 11.6. The van der Waals surface area contributed by atoms with Crippen LogP contribution in [0.25, 0.3) is 23.0 Å². The van der Waals surface area contributed by atoms with Crippen LogP contribution in [0.15, 0.2) is 61.5 Å². The van der Waals surface area contributed by atoms with Gasteiger partial charge < -0.3 is 13.4 Å². The summed E-state index contributed by atoms with van der Waals surface area (Å²) in [4.78, 5) is 8.19. The summed E-state index contributed by atoms with van der Waals surface area (Å²) < 4.78 is 15.9. The van der Waals surface area contributed by atoms with Crippen LogP contribution in [0.2, 0.25) is 0 Å². The van der Waals surface area contributed by atoms with Crippen LogP contribution >= 0.6 is 11.8 Å². The largest absolute Gasteiger partial charge is 0.461 e. The first-order valence-electron chi connectivity index (χ1n) is 6.61. The minimum atomic E-state index is 0.411. The number of nitrogens with zero attached hydrogens (tertiary/aromatic N) is 5.